The van der Waals surface area contributed by atoms with E-state index in [1.54, 1.807) is 6.07 Å². The number of benzene rings is 1. The summed E-state index contributed by atoms with van der Waals surface area (Å²) in [5, 5.41) is 16.7. The normalized spacial score (nSPS) is 9.78. The van der Waals surface area contributed by atoms with Crippen molar-refractivity contribution in [1.82, 2.24) is 4.98 Å². The Labute approximate surface area is 103 Å². The average molecular weight is 240 g/mol. The lowest BCUT2D eigenvalue weighted by atomic mass is 10.1. The number of aromatic nitrogens is 1. The van der Waals surface area contributed by atoms with Crippen molar-refractivity contribution in [3.63, 3.8) is 0 Å². The van der Waals surface area contributed by atoms with Gasteiger partial charge in [-0.2, -0.15) is 5.26 Å². The predicted octanol–water partition coefficient (Wildman–Crippen LogP) is 2.09. The molecule has 1 aromatic heterocycles. The fourth-order valence-corrected chi connectivity index (χ4v) is 1.51. The Kier molecular flexibility index (Phi) is 3.02. The lowest BCUT2D eigenvalue weighted by molar-refractivity contribution is 0.627. The smallest absolute Gasteiger partial charge is 0.141 e. The van der Waals surface area contributed by atoms with Gasteiger partial charge >= 0.3 is 0 Å². The van der Waals surface area contributed by atoms with Crippen LogP contribution in [-0.4, -0.2) is 10.7 Å². The second-order valence-corrected chi connectivity index (χ2v) is 3.63. The van der Waals surface area contributed by atoms with Crippen LogP contribution in [0.15, 0.2) is 36.4 Å². The summed E-state index contributed by atoms with van der Waals surface area (Å²) in [5.74, 6) is -0.438. The number of rotatable bonds is 2. The van der Waals surface area contributed by atoms with Gasteiger partial charge in [-0.15, -0.1) is 0 Å². The van der Waals surface area contributed by atoms with Crippen molar-refractivity contribution in [3.05, 3.63) is 59.2 Å². The molecule has 1 aromatic carbocycles. The summed E-state index contributed by atoms with van der Waals surface area (Å²) in [6.07, 6.45) is 0. The summed E-state index contributed by atoms with van der Waals surface area (Å²) >= 11 is 0. The van der Waals surface area contributed by atoms with E-state index in [1.165, 1.54) is 30.3 Å². The van der Waals surface area contributed by atoms with Crippen LogP contribution >= 0.6 is 0 Å². The Bertz CT molecular complexity index is 658. The second kappa shape index (κ2) is 4.63. The fraction of sp³-hybridized carbons (Fsp3) is 0. The maximum atomic E-state index is 13.1. The topological polar surface area (TPSA) is 86.5 Å². The predicted molar refractivity (Wildman–Crippen MR) is 65.7 cm³/mol. The van der Waals surface area contributed by atoms with E-state index < -0.39 is 5.82 Å². The number of anilines is 1. The van der Waals surface area contributed by atoms with E-state index in [9.17, 15) is 4.39 Å². The molecule has 3 N–H and O–H groups in total. The summed E-state index contributed by atoms with van der Waals surface area (Å²) in [4.78, 5) is 3.96. The van der Waals surface area contributed by atoms with E-state index in [-0.39, 0.29) is 22.8 Å². The lowest BCUT2D eigenvalue weighted by Gasteiger charge is -2.07. The highest BCUT2D eigenvalue weighted by atomic mass is 19.1. The van der Waals surface area contributed by atoms with Crippen LogP contribution in [0.5, 0.6) is 0 Å². The van der Waals surface area contributed by atoms with Crippen molar-refractivity contribution in [3.8, 4) is 6.07 Å². The molecule has 1 heterocycles. The highest BCUT2D eigenvalue weighted by Crippen LogP contribution is 2.15. The SMILES string of the molecule is N#Cc1ccc(N)c(C(=N)c2cccc(F)c2)n1. The molecule has 18 heavy (non-hydrogen) atoms. The van der Waals surface area contributed by atoms with Gasteiger partial charge in [0.05, 0.1) is 11.4 Å². The molecule has 0 aliphatic carbocycles. The maximum Gasteiger partial charge on any atom is 0.141 e. The Hall–Kier alpha value is -2.74. The summed E-state index contributed by atoms with van der Waals surface area (Å²) < 4.78 is 13.1. The van der Waals surface area contributed by atoms with Gasteiger partial charge in [-0.25, -0.2) is 9.37 Å². The highest BCUT2D eigenvalue weighted by Gasteiger charge is 2.11. The molecule has 0 atom stereocenters. The van der Waals surface area contributed by atoms with Crippen LogP contribution in [0.25, 0.3) is 0 Å². The van der Waals surface area contributed by atoms with Crippen LogP contribution in [0.3, 0.4) is 0 Å². The average Bonchev–Trinajstić information content (AvgIpc) is 2.38. The van der Waals surface area contributed by atoms with Crippen LogP contribution in [0.4, 0.5) is 10.1 Å². The van der Waals surface area contributed by atoms with Crippen molar-refractivity contribution >= 4 is 11.4 Å². The number of nitrogens with zero attached hydrogens (tertiary/aromatic N) is 2. The molecule has 2 rings (SSSR count). The molecule has 0 spiro atoms. The Morgan fingerprint density at radius 1 is 1.33 bits per heavy atom. The first kappa shape index (κ1) is 11.7. The molecule has 0 bridgehead atoms. The van der Waals surface area contributed by atoms with Crippen molar-refractivity contribution in [2.24, 2.45) is 0 Å². The molecule has 4 nitrogen and oxygen atoms in total. The zero-order valence-electron chi connectivity index (χ0n) is 9.31. The molecule has 0 aliphatic heterocycles. The monoisotopic (exact) mass is 240 g/mol. The molecular weight excluding hydrogens is 231 g/mol. The lowest BCUT2D eigenvalue weighted by Crippen LogP contribution is -2.09. The molecule has 2 aromatic rings. The number of nitriles is 1. The number of nitrogen functional groups attached to an aromatic ring is 1. The van der Waals surface area contributed by atoms with Gasteiger partial charge in [-0.3, -0.25) is 5.41 Å². The number of nitrogens with one attached hydrogen (secondary N) is 1. The molecule has 0 radical (unpaired) electrons. The minimum Gasteiger partial charge on any atom is -0.397 e. The Morgan fingerprint density at radius 2 is 2.11 bits per heavy atom. The second-order valence-electron chi connectivity index (χ2n) is 3.63. The van der Waals surface area contributed by atoms with Gasteiger partial charge in [0.2, 0.25) is 0 Å². The van der Waals surface area contributed by atoms with E-state index in [4.69, 9.17) is 16.4 Å². The maximum absolute atomic E-state index is 13.1. The van der Waals surface area contributed by atoms with Crippen molar-refractivity contribution < 1.29 is 4.39 Å². The van der Waals surface area contributed by atoms with Crippen LogP contribution < -0.4 is 5.73 Å². The Morgan fingerprint density at radius 3 is 2.78 bits per heavy atom. The third-order valence-electron chi connectivity index (χ3n) is 2.39. The largest absolute Gasteiger partial charge is 0.397 e. The van der Waals surface area contributed by atoms with E-state index in [0.717, 1.165) is 0 Å². The van der Waals surface area contributed by atoms with Gasteiger partial charge in [0.1, 0.15) is 23.3 Å². The summed E-state index contributed by atoms with van der Waals surface area (Å²) in [6, 6.07) is 10.5. The zero-order chi connectivity index (χ0) is 13.1. The Balaban J connectivity index is 2.49. The highest BCUT2D eigenvalue weighted by molar-refractivity contribution is 6.12. The van der Waals surface area contributed by atoms with E-state index in [1.807, 2.05) is 6.07 Å². The third-order valence-corrected chi connectivity index (χ3v) is 2.39. The third kappa shape index (κ3) is 2.18. The van der Waals surface area contributed by atoms with Gasteiger partial charge in [0.15, 0.2) is 0 Å². The van der Waals surface area contributed by atoms with Gasteiger partial charge in [0.25, 0.3) is 0 Å². The van der Waals surface area contributed by atoms with Crippen LogP contribution in [0.2, 0.25) is 0 Å². The quantitative estimate of drug-likeness (QED) is 0.788. The number of halogens is 1. The van der Waals surface area contributed by atoms with Gasteiger partial charge < -0.3 is 5.73 Å². The van der Waals surface area contributed by atoms with Crippen molar-refractivity contribution in [1.29, 1.82) is 10.7 Å². The molecule has 88 valence electrons. The fourth-order valence-electron chi connectivity index (χ4n) is 1.51. The minimum atomic E-state index is -0.438. The first-order valence-corrected chi connectivity index (χ1v) is 5.13. The standard InChI is InChI=1S/C13H9FN4/c14-9-3-1-2-8(6-9)12(17)13-11(16)5-4-10(7-15)18-13/h1-6,17H,16H2. The first-order chi connectivity index (χ1) is 8.61. The summed E-state index contributed by atoms with van der Waals surface area (Å²) in [5.41, 5.74) is 6.70. The van der Waals surface area contributed by atoms with Crippen LogP contribution in [-0.2, 0) is 0 Å². The first-order valence-electron chi connectivity index (χ1n) is 5.13. The van der Waals surface area contributed by atoms with Gasteiger partial charge in [-0.05, 0) is 24.3 Å². The zero-order valence-corrected chi connectivity index (χ0v) is 9.31. The number of pyridine rings is 1. The number of hydrogen-bond donors (Lipinski definition) is 2. The van der Waals surface area contributed by atoms with Crippen LogP contribution in [0.1, 0.15) is 17.0 Å². The molecule has 0 unspecified atom stereocenters. The molecule has 0 saturated carbocycles. The van der Waals surface area contributed by atoms with Crippen LogP contribution in [0, 0.1) is 22.6 Å². The molecule has 0 aliphatic rings. The van der Waals surface area contributed by atoms with E-state index >= 15 is 0 Å². The van der Waals surface area contributed by atoms with Gasteiger partial charge in [-0.1, -0.05) is 12.1 Å². The number of nitrogens with two attached hydrogens (primary N) is 1. The number of hydrogen-bond acceptors (Lipinski definition) is 4. The molecule has 0 fully saturated rings. The van der Waals surface area contributed by atoms with Crippen molar-refractivity contribution in [2.75, 3.05) is 5.73 Å². The van der Waals surface area contributed by atoms with Crippen molar-refractivity contribution in [2.45, 2.75) is 0 Å². The molecular formula is C13H9FN4. The molecule has 5 heteroatoms. The van der Waals surface area contributed by atoms with E-state index in [0.29, 0.717) is 5.56 Å². The molecule has 0 amide bonds. The summed E-state index contributed by atoms with van der Waals surface area (Å²) in [6.45, 7) is 0. The van der Waals surface area contributed by atoms with E-state index in [2.05, 4.69) is 4.98 Å². The molecule has 0 saturated heterocycles. The minimum absolute atomic E-state index is 0.0101. The van der Waals surface area contributed by atoms with Gasteiger partial charge in [0, 0.05) is 5.56 Å². The summed E-state index contributed by atoms with van der Waals surface area (Å²) in [7, 11) is 0.